The summed E-state index contributed by atoms with van der Waals surface area (Å²) in [4.78, 5) is 10.8. The summed E-state index contributed by atoms with van der Waals surface area (Å²) < 4.78 is 0. The van der Waals surface area contributed by atoms with E-state index in [0.29, 0.717) is 5.02 Å². The maximum atomic E-state index is 10.8. The summed E-state index contributed by atoms with van der Waals surface area (Å²) in [5.74, 6) is -0.191. The summed E-state index contributed by atoms with van der Waals surface area (Å²) in [7, 11) is 0. The van der Waals surface area contributed by atoms with Crippen molar-refractivity contribution < 1.29 is 9.90 Å². The lowest BCUT2D eigenvalue weighted by Crippen LogP contribution is -2.28. The van der Waals surface area contributed by atoms with E-state index in [1.54, 1.807) is 18.2 Å². The third-order valence-corrected chi connectivity index (χ3v) is 2.18. The fourth-order valence-corrected chi connectivity index (χ4v) is 1.49. The van der Waals surface area contributed by atoms with Crippen LogP contribution in [0, 0.1) is 0 Å². The molecule has 3 nitrogen and oxygen atoms in total. The van der Waals surface area contributed by atoms with E-state index in [9.17, 15) is 4.79 Å². The average molecular weight is 214 g/mol. The van der Waals surface area contributed by atoms with Crippen LogP contribution in [0.25, 0.3) is 0 Å². The summed E-state index contributed by atoms with van der Waals surface area (Å²) in [6.45, 7) is 1.24. The van der Waals surface area contributed by atoms with Crippen LogP contribution in [0.2, 0.25) is 5.02 Å². The van der Waals surface area contributed by atoms with Gasteiger partial charge < -0.3 is 10.4 Å². The number of hydrogen-bond acceptors (Lipinski definition) is 2. The van der Waals surface area contributed by atoms with Crippen molar-refractivity contribution in [2.24, 2.45) is 0 Å². The summed E-state index contributed by atoms with van der Waals surface area (Å²) in [6.07, 6.45) is 0. The van der Waals surface area contributed by atoms with Crippen LogP contribution in [0.4, 0.5) is 0 Å². The zero-order valence-electron chi connectivity index (χ0n) is 7.83. The molecular formula is C10H12ClNO2. The molecular weight excluding hydrogens is 202 g/mol. The fourth-order valence-electron chi connectivity index (χ4n) is 1.22. The Hall–Kier alpha value is -1.06. The predicted octanol–water partition coefficient (Wildman–Crippen LogP) is 1.51. The lowest BCUT2D eigenvalue weighted by atomic mass is 10.1. The zero-order chi connectivity index (χ0) is 10.6. The number of rotatable bonds is 3. The van der Waals surface area contributed by atoms with Gasteiger partial charge in [0.25, 0.3) is 0 Å². The summed E-state index contributed by atoms with van der Waals surface area (Å²) in [5.41, 5.74) is 0.729. The lowest BCUT2D eigenvalue weighted by molar-refractivity contribution is -0.120. The Kier molecular flexibility index (Phi) is 3.92. The first kappa shape index (κ1) is 11.0. The highest BCUT2D eigenvalue weighted by Crippen LogP contribution is 2.21. The molecule has 0 aliphatic rings. The Morgan fingerprint density at radius 1 is 1.57 bits per heavy atom. The lowest BCUT2D eigenvalue weighted by Gasteiger charge is -2.16. The molecule has 0 saturated heterocycles. The molecule has 1 atom stereocenters. The smallest absolute Gasteiger partial charge is 0.217 e. The first-order valence-electron chi connectivity index (χ1n) is 4.27. The van der Waals surface area contributed by atoms with Gasteiger partial charge in [-0.3, -0.25) is 4.79 Å². The highest BCUT2D eigenvalue weighted by molar-refractivity contribution is 6.31. The number of hydrogen-bond donors (Lipinski definition) is 2. The van der Waals surface area contributed by atoms with E-state index in [1.807, 2.05) is 6.07 Å². The van der Waals surface area contributed by atoms with Gasteiger partial charge in [-0.1, -0.05) is 29.8 Å². The van der Waals surface area contributed by atoms with Gasteiger partial charge in [-0.05, 0) is 11.6 Å². The molecule has 0 fully saturated rings. The molecule has 14 heavy (non-hydrogen) atoms. The van der Waals surface area contributed by atoms with E-state index < -0.39 is 6.04 Å². The molecule has 0 unspecified atom stereocenters. The van der Waals surface area contributed by atoms with Gasteiger partial charge in [-0.25, -0.2) is 0 Å². The summed E-state index contributed by atoms with van der Waals surface area (Å²) in [5, 5.41) is 12.2. The number of amides is 1. The van der Waals surface area contributed by atoms with Crippen molar-refractivity contribution in [3.8, 4) is 0 Å². The van der Waals surface area contributed by atoms with Crippen LogP contribution in [0.15, 0.2) is 24.3 Å². The number of benzene rings is 1. The number of halogens is 1. The standard InChI is InChI=1S/C10H12ClNO2/c1-7(14)12-10(6-13)8-4-2-3-5-9(8)11/h2-5,10,13H,6H2,1H3,(H,12,14)/t10-/m1/s1. The van der Waals surface area contributed by atoms with Gasteiger partial charge >= 0.3 is 0 Å². The second-order valence-electron chi connectivity index (χ2n) is 2.96. The Morgan fingerprint density at radius 2 is 2.21 bits per heavy atom. The van der Waals surface area contributed by atoms with E-state index >= 15 is 0 Å². The molecule has 0 saturated carbocycles. The van der Waals surface area contributed by atoms with Crippen LogP contribution in [0.1, 0.15) is 18.5 Å². The predicted molar refractivity (Wildman–Crippen MR) is 55.1 cm³/mol. The van der Waals surface area contributed by atoms with E-state index in [2.05, 4.69) is 5.32 Å². The van der Waals surface area contributed by atoms with Crippen LogP contribution in [-0.2, 0) is 4.79 Å². The zero-order valence-corrected chi connectivity index (χ0v) is 8.58. The van der Waals surface area contributed by atoms with Gasteiger partial charge in [0.15, 0.2) is 0 Å². The average Bonchev–Trinajstić information content (AvgIpc) is 2.15. The molecule has 1 rings (SSSR count). The van der Waals surface area contributed by atoms with Crippen molar-refractivity contribution in [3.63, 3.8) is 0 Å². The molecule has 76 valence electrons. The minimum atomic E-state index is -0.429. The van der Waals surface area contributed by atoms with Crippen molar-refractivity contribution in [3.05, 3.63) is 34.9 Å². The maximum absolute atomic E-state index is 10.8. The second-order valence-corrected chi connectivity index (χ2v) is 3.36. The highest BCUT2D eigenvalue weighted by Gasteiger charge is 2.13. The minimum Gasteiger partial charge on any atom is -0.394 e. The molecule has 2 N–H and O–H groups in total. The Balaban J connectivity index is 2.89. The number of nitrogens with one attached hydrogen (secondary N) is 1. The van der Waals surface area contributed by atoms with Crippen LogP contribution in [0.5, 0.6) is 0 Å². The quantitative estimate of drug-likeness (QED) is 0.800. The van der Waals surface area contributed by atoms with Gasteiger partial charge in [-0.15, -0.1) is 0 Å². The number of carbonyl (C=O) groups excluding carboxylic acids is 1. The molecule has 1 aromatic carbocycles. The van der Waals surface area contributed by atoms with Gasteiger partial charge in [0.05, 0.1) is 12.6 Å². The van der Waals surface area contributed by atoms with E-state index in [1.165, 1.54) is 6.92 Å². The molecule has 0 heterocycles. The van der Waals surface area contributed by atoms with Crippen molar-refractivity contribution in [1.29, 1.82) is 0 Å². The van der Waals surface area contributed by atoms with E-state index in [0.717, 1.165) is 5.56 Å². The molecule has 0 radical (unpaired) electrons. The van der Waals surface area contributed by atoms with Crippen molar-refractivity contribution in [2.45, 2.75) is 13.0 Å². The Morgan fingerprint density at radius 3 is 2.71 bits per heavy atom. The molecule has 0 bridgehead atoms. The van der Waals surface area contributed by atoms with Crippen LogP contribution in [0.3, 0.4) is 0 Å². The number of carbonyl (C=O) groups is 1. The van der Waals surface area contributed by atoms with Crippen molar-refractivity contribution >= 4 is 17.5 Å². The van der Waals surface area contributed by atoms with Crippen LogP contribution >= 0.6 is 11.6 Å². The first-order chi connectivity index (χ1) is 6.65. The molecule has 0 aliphatic heterocycles. The highest BCUT2D eigenvalue weighted by atomic mass is 35.5. The third-order valence-electron chi connectivity index (χ3n) is 1.84. The normalized spacial score (nSPS) is 12.2. The maximum Gasteiger partial charge on any atom is 0.217 e. The van der Waals surface area contributed by atoms with Gasteiger partial charge in [-0.2, -0.15) is 0 Å². The summed E-state index contributed by atoms with van der Waals surface area (Å²) in [6, 6.07) is 6.68. The van der Waals surface area contributed by atoms with E-state index in [-0.39, 0.29) is 12.5 Å². The molecule has 1 amide bonds. The second kappa shape index (κ2) is 4.98. The van der Waals surface area contributed by atoms with Crippen molar-refractivity contribution in [2.75, 3.05) is 6.61 Å². The summed E-state index contributed by atoms with van der Waals surface area (Å²) >= 11 is 5.92. The SMILES string of the molecule is CC(=O)N[C@H](CO)c1ccccc1Cl. The van der Waals surface area contributed by atoms with Gasteiger partial charge in [0, 0.05) is 11.9 Å². The topological polar surface area (TPSA) is 49.3 Å². The molecule has 0 aliphatic carbocycles. The molecule has 0 aromatic heterocycles. The van der Waals surface area contributed by atoms with E-state index in [4.69, 9.17) is 16.7 Å². The van der Waals surface area contributed by atoms with Gasteiger partial charge in [0.1, 0.15) is 0 Å². The minimum absolute atomic E-state index is 0.163. The largest absolute Gasteiger partial charge is 0.394 e. The van der Waals surface area contributed by atoms with Gasteiger partial charge in [0.2, 0.25) is 5.91 Å². The third kappa shape index (κ3) is 2.72. The molecule has 4 heteroatoms. The molecule has 0 spiro atoms. The van der Waals surface area contributed by atoms with Crippen LogP contribution < -0.4 is 5.32 Å². The molecule has 1 aromatic rings. The number of aliphatic hydroxyl groups is 1. The monoisotopic (exact) mass is 213 g/mol. The number of aliphatic hydroxyl groups excluding tert-OH is 1. The Labute approximate surface area is 87.7 Å². The fraction of sp³-hybridized carbons (Fsp3) is 0.300. The van der Waals surface area contributed by atoms with Crippen LogP contribution in [-0.4, -0.2) is 17.6 Å². The van der Waals surface area contributed by atoms with Crippen molar-refractivity contribution in [1.82, 2.24) is 5.32 Å². The first-order valence-corrected chi connectivity index (χ1v) is 4.65. The Bertz CT molecular complexity index is 328.